The van der Waals surface area contributed by atoms with Crippen LogP contribution >= 0.6 is 15.9 Å². The number of carboxylic acids is 1. The lowest BCUT2D eigenvalue weighted by atomic mass is 9.92. The third-order valence-corrected chi connectivity index (χ3v) is 4.57. The molecule has 134 valence electrons. The highest BCUT2D eigenvalue weighted by Gasteiger charge is 2.32. The van der Waals surface area contributed by atoms with Crippen LogP contribution in [0.2, 0.25) is 0 Å². The number of nitrogens with one attached hydrogen (secondary N) is 2. The van der Waals surface area contributed by atoms with E-state index in [2.05, 4.69) is 36.5 Å². The van der Waals surface area contributed by atoms with Crippen LogP contribution in [0.4, 0.5) is 17.3 Å². The maximum Gasteiger partial charge on any atom is 0.337 e. The number of nitrogens with zero attached hydrogens (tertiary/aromatic N) is 4. The Bertz CT molecular complexity index is 1080. The zero-order chi connectivity index (χ0) is 19.7. The Hall–Kier alpha value is -3.83. The minimum absolute atomic E-state index is 0.0230. The van der Waals surface area contributed by atoms with Crippen molar-refractivity contribution >= 4 is 45.2 Å². The van der Waals surface area contributed by atoms with Crippen molar-refractivity contribution in [2.24, 2.45) is 4.99 Å². The predicted molar refractivity (Wildman–Crippen MR) is 101 cm³/mol. The summed E-state index contributed by atoms with van der Waals surface area (Å²) in [5, 5.41) is 33.0. The van der Waals surface area contributed by atoms with E-state index >= 15 is 0 Å². The van der Waals surface area contributed by atoms with Crippen molar-refractivity contribution in [3.05, 3.63) is 44.9 Å². The molecule has 0 amide bonds. The second kappa shape index (κ2) is 6.82. The van der Waals surface area contributed by atoms with Gasteiger partial charge in [0.1, 0.15) is 29.3 Å². The van der Waals surface area contributed by atoms with Gasteiger partial charge >= 0.3 is 5.97 Å². The molecule has 1 unspecified atom stereocenters. The number of halogens is 1. The molecular formula is C16H11BrN8O2. The van der Waals surface area contributed by atoms with Gasteiger partial charge in [-0.05, 0) is 27.6 Å². The number of rotatable bonds is 2. The Morgan fingerprint density at radius 2 is 2.11 bits per heavy atom. The summed E-state index contributed by atoms with van der Waals surface area (Å²) in [7, 11) is 0. The summed E-state index contributed by atoms with van der Waals surface area (Å²) in [5.74, 6) is -1.05. The van der Waals surface area contributed by atoms with E-state index in [-0.39, 0.29) is 34.4 Å². The Morgan fingerprint density at radius 3 is 2.74 bits per heavy atom. The fourth-order valence-electron chi connectivity index (χ4n) is 2.80. The van der Waals surface area contributed by atoms with Gasteiger partial charge in [0.15, 0.2) is 6.19 Å². The number of pyridine rings is 1. The van der Waals surface area contributed by atoms with Gasteiger partial charge in [0, 0.05) is 10.0 Å². The number of aliphatic imine (C=N–C) groups is 1. The van der Waals surface area contributed by atoms with Gasteiger partial charge in [-0.25, -0.2) is 14.8 Å². The first-order valence-electron chi connectivity index (χ1n) is 7.39. The fraction of sp³-hybridized carbons (Fsp3) is 0.0625. The SMILES string of the molecule is N#CNC1=NC(c2cccc(Br)c2C(=O)O)c2c(nc(N)c(C#N)c2N)N1. The van der Waals surface area contributed by atoms with E-state index < -0.39 is 12.0 Å². The summed E-state index contributed by atoms with van der Waals surface area (Å²) in [5.41, 5.74) is 12.5. The fourth-order valence-corrected chi connectivity index (χ4v) is 3.35. The van der Waals surface area contributed by atoms with Crippen LogP contribution in [0.25, 0.3) is 0 Å². The first-order valence-corrected chi connectivity index (χ1v) is 8.18. The summed E-state index contributed by atoms with van der Waals surface area (Å²) in [6.07, 6.45) is 1.73. The van der Waals surface area contributed by atoms with Crippen LogP contribution in [0.15, 0.2) is 27.7 Å². The number of nitriles is 2. The molecule has 1 aliphatic heterocycles. The van der Waals surface area contributed by atoms with Crippen LogP contribution in [0.3, 0.4) is 0 Å². The number of guanidine groups is 1. The van der Waals surface area contributed by atoms with Gasteiger partial charge in [-0.1, -0.05) is 12.1 Å². The normalized spacial score (nSPS) is 14.8. The maximum absolute atomic E-state index is 11.8. The zero-order valence-corrected chi connectivity index (χ0v) is 15.1. The molecule has 0 fully saturated rings. The lowest BCUT2D eigenvalue weighted by molar-refractivity contribution is 0.0694. The zero-order valence-electron chi connectivity index (χ0n) is 13.5. The maximum atomic E-state index is 11.8. The van der Waals surface area contributed by atoms with Crippen LogP contribution in [0.1, 0.15) is 33.1 Å². The third-order valence-electron chi connectivity index (χ3n) is 3.91. The molecule has 0 spiro atoms. The molecule has 1 atom stereocenters. The average molecular weight is 427 g/mol. The summed E-state index contributed by atoms with van der Waals surface area (Å²) in [6.45, 7) is 0. The van der Waals surface area contributed by atoms with E-state index in [1.807, 2.05) is 6.07 Å². The molecule has 3 rings (SSSR count). The number of anilines is 3. The second-order valence-corrected chi connectivity index (χ2v) is 6.27. The summed E-state index contributed by atoms with van der Waals surface area (Å²) < 4.78 is 0.347. The number of nitrogens with two attached hydrogens (primary N) is 2. The minimum Gasteiger partial charge on any atom is -0.478 e. The van der Waals surface area contributed by atoms with Gasteiger partial charge in [0.2, 0.25) is 5.96 Å². The van der Waals surface area contributed by atoms with E-state index in [0.717, 1.165) is 0 Å². The van der Waals surface area contributed by atoms with Crippen LogP contribution in [-0.4, -0.2) is 22.0 Å². The van der Waals surface area contributed by atoms with E-state index in [9.17, 15) is 15.2 Å². The Morgan fingerprint density at radius 1 is 1.37 bits per heavy atom. The van der Waals surface area contributed by atoms with Gasteiger partial charge in [0.05, 0.1) is 11.3 Å². The van der Waals surface area contributed by atoms with E-state index in [1.165, 1.54) is 0 Å². The highest BCUT2D eigenvalue weighted by Crippen LogP contribution is 2.42. The standard InChI is InChI=1S/C16H11BrN8O2/c17-8-3-1-2-6(9(8)15(26)27)12-10-11(20)7(4-18)13(21)24-14(10)25-16(23-12)22-5-19/h1-3,12H,(H,26,27)(H6,20,21,22,23,24,25). The van der Waals surface area contributed by atoms with Gasteiger partial charge in [-0.2, -0.15) is 10.5 Å². The first kappa shape index (κ1) is 18.0. The Labute approximate surface area is 161 Å². The number of hydrogen-bond acceptors (Lipinski definition) is 9. The topological polar surface area (TPSA) is 186 Å². The molecule has 27 heavy (non-hydrogen) atoms. The van der Waals surface area contributed by atoms with Crippen molar-refractivity contribution in [1.82, 2.24) is 10.3 Å². The Balaban J connectivity index is 2.35. The quantitative estimate of drug-likeness (QED) is 0.350. The third kappa shape index (κ3) is 2.96. The predicted octanol–water partition coefficient (Wildman–Crippen LogP) is 1.52. The molecule has 0 aliphatic carbocycles. The van der Waals surface area contributed by atoms with Crippen molar-refractivity contribution in [1.29, 1.82) is 10.5 Å². The van der Waals surface area contributed by atoms with Gasteiger partial charge in [-0.15, -0.1) is 0 Å². The van der Waals surface area contributed by atoms with Crippen LogP contribution < -0.4 is 22.1 Å². The molecule has 1 aliphatic rings. The van der Waals surface area contributed by atoms with Crippen molar-refractivity contribution < 1.29 is 9.90 Å². The molecule has 7 N–H and O–H groups in total. The number of aromatic nitrogens is 1. The summed E-state index contributed by atoms with van der Waals surface area (Å²) >= 11 is 3.23. The molecule has 2 heterocycles. The highest BCUT2D eigenvalue weighted by molar-refractivity contribution is 9.10. The number of nitrogen functional groups attached to an aromatic ring is 2. The average Bonchev–Trinajstić information content (AvgIpc) is 2.61. The number of benzene rings is 1. The first-order chi connectivity index (χ1) is 12.9. The monoisotopic (exact) mass is 426 g/mol. The molecule has 0 saturated heterocycles. The van der Waals surface area contributed by atoms with E-state index in [1.54, 1.807) is 24.4 Å². The molecule has 0 bridgehead atoms. The largest absolute Gasteiger partial charge is 0.478 e. The number of aromatic carboxylic acids is 1. The van der Waals surface area contributed by atoms with Crippen molar-refractivity contribution in [2.45, 2.75) is 6.04 Å². The molecule has 1 aromatic heterocycles. The molecule has 0 radical (unpaired) electrons. The lowest BCUT2D eigenvalue weighted by Crippen LogP contribution is -2.33. The molecule has 2 aromatic rings. The molecule has 11 heteroatoms. The van der Waals surface area contributed by atoms with E-state index in [4.69, 9.17) is 16.7 Å². The Kier molecular flexibility index (Phi) is 4.54. The smallest absolute Gasteiger partial charge is 0.337 e. The number of hydrogen-bond donors (Lipinski definition) is 5. The lowest BCUT2D eigenvalue weighted by Gasteiger charge is -2.27. The van der Waals surface area contributed by atoms with Gasteiger partial charge < -0.3 is 21.9 Å². The molecular weight excluding hydrogens is 416 g/mol. The highest BCUT2D eigenvalue weighted by atomic mass is 79.9. The second-order valence-electron chi connectivity index (χ2n) is 5.41. The number of fused-ring (bicyclic) bond motifs is 1. The van der Waals surface area contributed by atoms with Crippen molar-refractivity contribution in [3.8, 4) is 12.3 Å². The van der Waals surface area contributed by atoms with Crippen molar-refractivity contribution in [3.63, 3.8) is 0 Å². The molecule has 0 saturated carbocycles. The van der Waals surface area contributed by atoms with Crippen LogP contribution in [0, 0.1) is 22.8 Å². The van der Waals surface area contributed by atoms with Gasteiger partial charge in [0.25, 0.3) is 0 Å². The minimum atomic E-state index is -1.18. The molecule has 10 nitrogen and oxygen atoms in total. The summed E-state index contributed by atoms with van der Waals surface area (Å²) in [6, 6.07) is 5.76. The van der Waals surface area contributed by atoms with Crippen LogP contribution in [-0.2, 0) is 0 Å². The van der Waals surface area contributed by atoms with Crippen molar-refractivity contribution in [2.75, 3.05) is 16.8 Å². The number of carboxylic acid groups (broad SMARTS) is 1. The number of carbonyl (C=O) groups is 1. The van der Waals surface area contributed by atoms with E-state index in [0.29, 0.717) is 15.6 Å². The van der Waals surface area contributed by atoms with Crippen LogP contribution in [0.5, 0.6) is 0 Å². The van der Waals surface area contributed by atoms with Gasteiger partial charge in [-0.3, -0.25) is 5.32 Å². The molecule has 1 aromatic carbocycles. The summed E-state index contributed by atoms with van der Waals surface area (Å²) in [4.78, 5) is 20.3.